The second-order valence-corrected chi connectivity index (χ2v) is 4.99. The van der Waals surface area contributed by atoms with Crippen molar-refractivity contribution in [2.75, 3.05) is 6.54 Å². The molecule has 3 heteroatoms. The van der Waals surface area contributed by atoms with Crippen molar-refractivity contribution in [2.45, 2.75) is 57.5 Å². The molecule has 2 fully saturated rings. The maximum Gasteiger partial charge on any atom is 0.237 e. The summed E-state index contributed by atoms with van der Waals surface area (Å²) in [7, 11) is 0. The molecule has 0 bridgehead atoms. The molecule has 1 aliphatic heterocycles. The minimum absolute atomic E-state index is 0.0776. The van der Waals surface area contributed by atoms with Crippen molar-refractivity contribution in [1.29, 1.82) is 0 Å². The Bertz CT molecular complexity index is 218. The number of carbonyl (C=O) groups excluding carboxylic acids is 1. The SMILES string of the molecule is C[C@H](NC(=O)C1CCCN1)C1CCCC1. The fourth-order valence-electron chi connectivity index (χ4n) is 2.81. The van der Waals surface area contributed by atoms with Gasteiger partial charge in [-0.25, -0.2) is 0 Å². The van der Waals surface area contributed by atoms with Gasteiger partial charge in [0.25, 0.3) is 0 Å². The molecular formula is C12H22N2O. The lowest BCUT2D eigenvalue weighted by atomic mass is 9.99. The molecule has 15 heavy (non-hydrogen) atoms. The van der Waals surface area contributed by atoms with Crippen LogP contribution in [0.3, 0.4) is 0 Å². The monoisotopic (exact) mass is 210 g/mol. The Morgan fingerprint density at radius 1 is 1.27 bits per heavy atom. The van der Waals surface area contributed by atoms with Crippen molar-refractivity contribution >= 4 is 5.91 Å². The Balaban J connectivity index is 1.77. The van der Waals surface area contributed by atoms with Gasteiger partial charge in [-0.1, -0.05) is 12.8 Å². The van der Waals surface area contributed by atoms with Gasteiger partial charge in [0.15, 0.2) is 0 Å². The van der Waals surface area contributed by atoms with E-state index in [1.807, 2.05) is 0 Å². The summed E-state index contributed by atoms with van der Waals surface area (Å²) in [6, 6.07) is 0.441. The largest absolute Gasteiger partial charge is 0.352 e. The topological polar surface area (TPSA) is 41.1 Å². The molecule has 2 aliphatic rings. The number of nitrogens with one attached hydrogen (secondary N) is 2. The van der Waals surface area contributed by atoms with E-state index in [2.05, 4.69) is 17.6 Å². The van der Waals surface area contributed by atoms with Crippen molar-refractivity contribution in [1.82, 2.24) is 10.6 Å². The maximum absolute atomic E-state index is 11.8. The standard InChI is InChI=1S/C12H22N2O/c1-9(10-5-2-3-6-10)14-12(15)11-7-4-8-13-11/h9-11,13H,2-8H2,1H3,(H,14,15)/t9-,11?/m0/s1. The van der Waals surface area contributed by atoms with Crippen LogP contribution in [-0.2, 0) is 4.79 Å². The number of amides is 1. The molecule has 2 atom stereocenters. The highest BCUT2D eigenvalue weighted by Crippen LogP contribution is 2.27. The van der Waals surface area contributed by atoms with E-state index in [4.69, 9.17) is 0 Å². The van der Waals surface area contributed by atoms with Crippen molar-refractivity contribution < 1.29 is 4.79 Å². The Morgan fingerprint density at radius 2 is 2.00 bits per heavy atom. The summed E-state index contributed by atoms with van der Waals surface area (Å²) in [6.07, 6.45) is 7.40. The van der Waals surface area contributed by atoms with Gasteiger partial charge >= 0.3 is 0 Å². The van der Waals surface area contributed by atoms with Crippen LogP contribution >= 0.6 is 0 Å². The zero-order valence-corrected chi connectivity index (χ0v) is 9.59. The molecule has 0 aromatic heterocycles. The molecule has 2 rings (SSSR count). The second kappa shape index (κ2) is 4.97. The predicted octanol–water partition coefficient (Wildman–Crippen LogP) is 1.43. The van der Waals surface area contributed by atoms with Crippen LogP contribution in [0.2, 0.25) is 0 Å². The van der Waals surface area contributed by atoms with E-state index in [-0.39, 0.29) is 11.9 Å². The molecule has 2 N–H and O–H groups in total. The minimum Gasteiger partial charge on any atom is -0.352 e. The van der Waals surface area contributed by atoms with Crippen molar-refractivity contribution in [2.24, 2.45) is 5.92 Å². The number of carbonyl (C=O) groups is 1. The van der Waals surface area contributed by atoms with Crippen LogP contribution in [0.1, 0.15) is 45.4 Å². The third-order valence-electron chi connectivity index (χ3n) is 3.85. The summed E-state index contributed by atoms with van der Waals surface area (Å²) >= 11 is 0. The highest BCUT2D eigenvalue weighted by atomic mass is 16.2. The fourth-order valence-corrected chi connectivity index (χ4v) is 2.81. The molecule has 1 unspecified atom stereocenters. The van der Waals surface area contributed by atoms with E-state index in [0.717, 1.165) is 25.3 Å². The van der Waals surface area contributed by atoms with Crippen LogP contribution in [0.4, 0.5) is 0 Å². The van der Waals surface area contributed by atoms with E-state index < -0.39 is 0 Å². The summed E-state index contributed by atoms with van der Waals surface area (Å²) in [5.74, 6) is 0.933. The fraction of sp³-hybridized carbons (Fsp3) is 0.917. The lowest BCUT2D eigenvalue weighted by Gasteiger charge is -2.22. The van der Waals surface area contributed by atoms with Crippen molar-refractivity contribution in [3.05, 3.63) is 0 Å². The van der Waals surface area contributed by atoms with E-state index in [1.54, 1.807) is 0 Å². The third kappa shape index (κ3) is 2.71. The lowest BCUT2D eigenvalue weighted by Crippen LogP contribution is -2.46. The quantitative estimate of drug-likeness (QED) is 0.740. The molecule has 1 aliphatic carbocycles. The first-order valence-electron chi connectivity index (χ1n) is 6.31. The Kier molecular flexibility index (Phi) is 3.62. The Hall–Kier alpha value is -0.570. The summed E-state index contributed by atoms with van der Waals surface area (Å²) in [5.41, 5.74) is 0. The van der Waals surface area contributed by atoms with Crippen molar-refractivity contribution in [3.63, 3.8) is 0 Å². The van der Waals surface area contributed by atoms with Crippen molar-refractivity contribution in [3.8, 4) is 0 Å². The number of hydrogen-bond donors (Lipinski definition) is 2. The highest BCUT2D eigenvalue weighted by molar-refractivity contribution is 5.82. The van der Waals surface area contributed by atoms with E-state index in [9.17, 15) is 4.79 Å². The van der Waals surface area contributed by atoms with Crippen LogP contribution in [0.15, 0.2) is 0 Å². The summed E-state index contributed by atoms with van der Waals surface area (Å²) < 4.78 is 0. The number of rotatable bonds is 3. The van der Waals surface area contributed by atoms with Gasteiger partial charge in [-0.05, 0) is 45.1 Å². The molecule has 0 aromatic rings. The summed E-state index contributed by atoms with van der Waals surface area (Å²) in [5, 5.41) is 6.40. The van der Waals surface area contributed by atoms with Gasteiger partial charge in [-0.15, -0.1) is 0 Å². The normalized spacial score (nSPS) is 29.3. The molecule has 1 saturated heterocycles. The zero-order chi connectivity index (χ0) is 10.7. The Morgan fingerprint density at radius 3 is 2.60 bits per heavy atom. The van der Waals surface area contributed by atoms with Gasteiger partial charge in [0.05, 0.1) is 6.04 Å². The highest BCUT2D eigenvalue weighted by Gasteiger charge is 2.27. The van der Waals surface area contributed by atoms with E-state index >= 15 is 0 Å². The van der Waals surface area contributed by atoms with E-state index in [1.165, 1.54) is 25.7 Å². The van der Waals surface area contributed by atoms with Gasteiger partial charge in [0, 0.05) is 6.04 Å². The molecule has 86 valence electrons. The first-order valence-corrected chi connectivity index (χ1v) is 6.31. The van der Waals surface area contributed by atoms with Crippen LogP contribution in [0.5, 0.6) is 0 Å². The molecule has 0 spiro atoms. The second-order valence-electron chi connectivity index (χ2n) is 4.99. The van der Waals surface area contributed by atoms with Gasteiger partial charge < -0.3 is 10.6 Å². The van der Waals surface area contributed by atoms with Gasteiger partial charge in [-0.3, -0.25) is 4.79 Å². The minimum atomic E-state index is 0.0776. The molecule has 1 amide bonds. The molecule has 3 nitrogen and oxygen atoms in total. The molecule has 0 aromatic carbocycles. The Labute approximate surface area is 92.0 Å². The smallest absolute Gasteiger partial charge is 0.237 e. The van der Waals surface area contributed by atoms with Crippen LogP contribution in [0.25, 0.3) is 0 Å². The molecule has 1 heterocycles. The molecular weight excluding hydrogens is 188 g/mol. The average Bonchev–Trinajstić information content (AvgIpc) is 2.91. The maximum atomic E-state index is 11.8. The van der Waals surface area contributed by atoms with Crippen LogP contribution in [-0.4, -0.2) is 24.5 Å². The van der Waals surface area contributed by atoms with Gasteiger partial charge in [0.1, 0.15) is 0 Å². The zero-order valence-electron chi connectivity index (χ0n) is 9.59. The first-order chi connectivity index (χ1) is 7.27. The van der Waals surface area contributed by atoms with Gasteiger partial charge in [-0.2, -0.15) is 0 Å². The van der Waals surface area contributed by atoms with Gasteiger partial charge in [0.2, 0.25) is 5.91 Å². The molecule has 0 radical (unpaired) electrons. The van der Waals surface area contributed by atoms with E-state index in [0.29, 0.717) is 6.04 Å². The summed E-state index contributed by atoms with van der Waals surface area (Å²) in [4.78, 5) is 11.8. The average molecular weight is 210 g/mol. The molecule has 1 saturated carbocycles. The predicted molar refractivity (Wildman–Crippen MR) is 60.6 cm³/mol. The summed E-state index contributed by atoms with van der Waals surface area (Å²) in [6.45, 7) is 3.15. The third-order valence-corrected chi connectivity index (χ3v) is 3.85. The number of hydrogen-bond acceptors (Lipinski definition) is 2. The van der Waals surface area contributed by atoms with Crippen LogP contribution in [0, 0.1) is 5.92 Å². The van der Waals surface area contributed by atoms with Crippen LogP contribution < -0.4 is 10.6 Å². The first kappa shape index (κ1) is 10.9. The lowest BCUT2D eigenvalue weighted by molar-refractivity contribution is -0.123.